The molecule has 1 aliphatic heterocycles. The normalized spacial score (nSPS) is 19.3. The summed E-state index contributed by atoms with van der Waals surface area (Å²) in [7, 11) is 0. The topological polar surface area (TPSA) is 42.0 Å². The maximum atomic E-state index is 9.26. The number of aliphatic imine (C=N–C) groups is 1. The number of rotatable bonds is 1. The van der Waals surface area contributed by atoms with Gasteiger partial charge in [0.15, 0.2) is 0 Å². The van der Waals surface area contributed by atoms with Crippen LogP contribution in [0.3, 0.4) is 0 Å². The van der Waals surface area contributed by atoms with E-state index < -0.39 is 0 Å². The second-order valence-corrected chi connectivity index (χ2v) is 0.886. The van der Waals surface area contributed by atoms with Gasteiger partial charge in [0.1, 0.15) is 6.61 Å². The Balaban J connectivity index is 2.33. The zero-order valence-electron chi connectivity index (χ0n) is 2.97. The molecule has 3 nitrogen and oxygen atoms in total. The van der Waals surface area contributed by atoms with Crippen molar-refractivity contribution >= 4 is 6.08 Å². The molecule has 1 aliphatic rings. The second kappa shape index (κ2) is 1.20. The highest BCUT2D eigenvalue weighted by Gasteiger charge is 2.23. The van der Waals surface area contributed by atoms with Crippen LogP contribution in [0.2, 0.25) is 0 Å². The Kier molecular flexibility index (Phi) is 0.708. The van der Waals surface area contributed by atoms with Gasteiger partial charge in [-0.2, -0.15) is 4.99 Å². The summed E-state index contributed by atoms with van der Waals surface area (Å²) < 4.78 is 4.44. The van der Waals surface area contributed by atoms with Crippen molar-refractivity contribution in [2.45, 2.75) is 0 Å². The molecule has 0 amide bonds. The van der Waals surface area contributed by atoms with Crippen LogP contribution in [0.5, 0.6) is 0 Å². The van der Waals surface area contributed by atoms with Crippen molar-refractivity contribution in [2.75, 3.05) is 6.61 Å². The molecule has 3 heteroatoms. The lowest BCUT2D eigenvalue weighted by Crippen LogP contribution is -1.57. The number of epoxide rings is 1. The minimum Gasteiger partial charge on any atom is -0.342 e. The van der Waals surface area contributed by atoms with E-state index in [1.807, 2.05) is 0 Å². The molecule has 0 aliphatic carbocycles. The van der Waals surface area contributed by atoms with Gasteiger partial charge in [0, 0.05) is 0 Å². The summed E-state index contributed by atoms with van der Waals surface area (Å²) >= 11 is 0. The molecule has 0 aromatic rings. The number of nitrogens with zero attached hydrogens (tertiary/aromatic N) is 1. The Hall–Kier alpha value is -0.660. The van der Waals surface area contributed by atoms with E-state index in [0.717, 1.165) is 0 Å². The molecule has 0 atom stereocenters. The van der Waals surface area contributed by atoms with Crippen LogP contribution in [0.15, 0.2) is 4.99 Å². The van der Waals surface area contributed by atoms with Crippen molar-refractivity contribution < 1.29 is 9.53 Å². The summed E-state index contributed by atoms with van der Waals surface area (Å²) in [6, 6.07) is 0. The number of carbonyl (C=O) groups excluding carboxylic acids is 1. The number of hydrogen-bond donors (Lipinski definition) is 0. The van der Waals surface area contributed by atoms with E-state index >= 15 is 0 Å². The molecule has 0 saturated carbocycles. The van der Waals surface area contributed by atoms with Crippen molar-refractivity contribution in [3.05, 3.63) is 6.23 Å². The van der Waals surface area contributed by atoms with Gasteiger partial charge in [-0.3, -0.25) is 0 Å². The van der Waals surface area contributed by atoms with Crippen molar-refractivity contribution in [2.24, 2.45) is 4.99 Å². The van der Waals surface area contributed by atoms with Gasteiger partial charge in [-0.25, -0.2) is 4.79 Å². The number of isocyanates is 1. The lowest BCUT2D eigenvalue weighted by atomic mass is 10.8. The van der Waals surface area contributed by atoms with Crippen molar-refractivity contribution in [3.63, 3.8) is 0 Å². The number of ether oxygens (including phenoxy) is 1. The Bertz CT molecular complexity index is 91.0. The predicted octanol–water partition coefficient (Wildman–Crippen LogP) is -0.158. The lowest BCUT2D eigenvalue weighted by molar-refractivity contribution is 0.468. The minimum absolute atomic E-state index is 0.491. The Morgan fingerprint density at radius 3 is 2.83 bits per heavy atom. The predicted molar refractivity (Wildman–Crippen MR) is 17.3 cm³/mol. The molecule has 1 fully saturated rings. The highest BCUT2D eigenvalue weighted by Crippen LogP contribution is 2.18. The maximum Gasteiger partial charge on any atom is 0.247 e. The fourth-order valence-electron chi connectivity index (χ4n) is 0.148. The van der Waals surface area contributed by atoms with Crippen LogP contribution in [-0.4, -0.2) is 12.7 Å². The molecule has 0 spiro atoms. The van der Waals surface area contributed by atoms with E-state index in [4.69, 9.17) is 0 Å². The molecular formula is C3H2NO2. The third-order valence-electron chi connectivity index (χ3n) is 0.444. The highest BCUT2D eigenvalue weighted by atomic mass is 16.6. The Labute approximate surface area is 34.6 Å². The summed E-state index contributed by atoms with van der Waals surface area (Å²) in [6.07, 6.45) is 1.83. The Morgan fingerprint density at radius 2 is 2.67 bits per heavy atom. The van der Waals surface area contributed by atoms with Crippen LogP contribution in [0.1, 0.15) is 0 Å². The second-order valence-electron chi connectivity index (χ2n) is 0.886. The maximum absolute atomic E-state index is 9.26. The molecular weight excluding hydrogens is 82.0 g/mol. The summed E-state index contributed by atoms with van der Waals surface area (Å²) in [5.74, 6) is 0. The first kappa shape index (κ1) is 3.53. The van der Waals surface area contributed by atoms with Gasteiger partial charge < -0.3 is 4.74 Å². The van der Waals surface area contributed by atoms with Crippen LogP contribution < -0.4 is 0 Å². The first-order valence-electron chi connectivity index (χ1n) is 1.50. The molecule has 6 heavy (non-hydrogen) atoms. The molecule has 31 valence electrons. The first-order valence-corrected chi connectivity index (χ1v) is 1.50. The third-order valence-corrected chi connectivity index (χ3v) is 0.444. The highest BCUT2D eigenvalue weighted by molar-refractivity contribution is 5.35. The molecule has 0 N–H and O–H groups in total. The molecule has 1 saturated heterocycles. The molecule has 0 aromatic carbocycles. The van der Waals surface area contributed by atoms with Crippen LogP contribution >= 0.6 is 0 Å². The van der Waals surface area contributed by atoms with Gasteiger partial charge >= 0.3 is 0 Å². The van der Waals surface area contributed by atoms with Gasteiger partial charge in [-0.05, 0) is 0 Å². The van der Waals surface area contributed by atoms with Gasteiger partial charge in [0.25, 0.3) is 0 Å². The molecule has 1 radical (unpaired) electrons. The van der Waals surface area contributed by atoms with Crippen LogP contribution in [0.4, 0.5) is 0 Å². The average molecular weight is 84.1 g/mol. The summed E-state index contributed by atoms with van der Waals surface area (Å²) in [5.41, 5.74) is 0. The third kappa shape index (κ3) is 0.641. The van der Waals surface area contributed by atoms with E-state index in [1.165, 1.54) is 6.08 Å². The standard InChI is InChI=1S/C3H2NO2/c5-2-4-3-1-6-3/h1H2. The van der Waals surface area contributed by atoms with Crippen LogP contribution in [0.25, 0.3) is 0 Å². The fraction of sp³-hybridized carbons (Fsp3) is 0.333. The summed E-state index contributed by atoms with van der Waals surface area (Å²) in [4.78, 5) is 12.4. The van der Waals surface area contributed by atoms with Gasteiger partial charge in [0.2, 0.25) is 12.3 Å². The number of hydrogen-bond acceptors (Lipinski definition) is 3. The monoisotopic (exact) mass is 84.0 g/mol. The van der Waals surface area contributed by atoms with Gasteiger partial charge in [-0.1, -0.05) is 0 Å². The van der Waals surface area contributed by atoms with E-state index in [-0.39, 0.29) is 0 Å². The van der Waals surface area contributed by atoms with Gasteiger partial charge in [-0.15, -0.1) is 0 Å². The first-order chi connectivity index (χ1) is 2.93. The summed E-state index contributed by atoms with van der Waals surface area (Å²) in [6.45, 7) is 0.509. The quantitative estimate of drug-likeness (QED) is 0.251. The summed E-state index contributed by atoms with van der Waals surface area (Å²) in [5, 5.41) is 0. The van der Waals surface area contributed by atoms with E-state index in [9.17, 15) is 4.79 Å². The largest absolute Gasteiger partial charge is 0.342 e. The molecule has 0 bridgehead atoms. The van der Waals surface area contributed by atoms with E-state index in [1.54, 1.807) is 0 Å². The Morgan fingerprint density at radius 1 is 2.00 bits per heavy atom. The fourth-order valence-corrected chi connectivity index (χ4v) is 0.148. The minimum atomic E-state index is 0.491. The van der Waals surface area contributed by atoms with Crippen molar-refractivity contribution in [1.29, 1.82) is 0 Å². The SMILES string of the molecule is O=C=N[C]1CO1. The molecule has 0 unspecified atom stereocenters. The zero-order chi connectivity index (χ0) is 4.41. The van der Waals surface area contributed by atoms with E-state index in [2.05, 4.69) is 9.73 Å². The van der Waals surface area contributed by atoms with Crippen LogP contribution in [0, 0.1) is 6.23 Å². The zero-order valence-corrected chi connectivity index (χ0v) is 2.97. The molecule has 1 heterocycles. The molecule has 0 aromatic heterocycles. The van der Waals surface area contributed by atoms with Gasteiger partial charge in [0.05, 0.1) is 0 Å². The van der Waals surface area contributed by atoms with Crippen molar-refractivity contribution in [1.82, 2.24) is 0 Å². The average Bonchev–Trinajstić information content (AvgIpc) is 2.21. The van der Waals surface area contributed by atoms with E-state index in [0.29, 0.717) is 12.8 Å². The molecule has 1 rings (SSSR count). The van der Waals surface area contributed by atoms with Crippen molar-refractivity contribution in [3.8, 4) is 0 Å². The smallest absolute Gasteiger partial charge is 0.247 e. The lowest BCUT2D eigenvalue weighted by Gasteiger charge is -1.56. The van der Waals surface area contributed by atoms with Crippen LogP contribution in [-0.2, 0) is 9.53 Å².